The van der Waals surface area contributed by atoms with E-state index in [1.54, 1.807) is 14.0 Å². The highest BCUT2D eigenvalue weighted by atomic mass is 16.4. The minimum absolute atomic E-state index is 0.167. The Morgan fingerprint density at radius 1 is 1.44 bits per heavy atom. The molecule has 0 radical (unpaired) electrons. The van der Waals surface area contributed by atoms with Crippen molar-refractivity contribution < 1.29 is 14.7 Å². The van der Waals surface area contributed by atoms with Gasteiger partial charge in [0, 0.05) is 19.6 Å². The number of nitrogens with zero attached hydrogens (tertiary/aromatic N) is 1. The summed E-state index contributed by atoms with van der Waals surface area (Å²) in [6, 6.07) is 0.107. The number of hydrogen-bond donors (Lipinski definition) is 2. The molecule has 0 heterocycles. The average molecular weight is 228 g/mol. The van der Waals surface area contributed by atoms with Crippen molar-refractivity contribution in [2.75, 3.05) is 13.6 Å². The van der Waals surface area contributed by atoms with E-state index >= 15 is 0 Å². The second-order valence-electron chi connectivity index (χ2n) is 4.55. The standard InChI is InChI=1S/C11H20N2O3/c1-8(10(14)15)7-13(2)11(16)12-9-5-3-4-6-9/h8-9H,3-7H2,1-2H3,(H,12,16)(H,14,15). The zero-order chi connectivity index (χ0) is 12.1. The van der Waals surface area contributed by atoms with E-state index in [9.17, 15) is 9.59 Å². The molecule has 1 fully saturated rings. The molecular formula is C11H20N2O3. The Labute approximate surface area is 95.8 Å². The van der Waals surface area contributed by atoms with Gasteiger partial charge in [0.15, 0.2) is 0 Å². The number of aliphatic carboxylic acids is 1. The van der Waals surface area contributed by atoms with Gasteiger partial charge in [-0.2, -0.15) is 0 Å². The summed E-state index contributed by atoms with van der Waals surface area (Å²) in [4.78, 5) is 23.8. The summed E-state index contributed by atoms with van der Waals surface area (Å²) in [6.45, 7) is 1.84. The van der Waals surface area contributed by atoms with Gasteiger partial charge in [-0.1, -0.05) is 19.8 Å². The van der Waals surface area contributed by atoms with Crippen molar-refractivity contribution in [2.45, 2.75) is 38.6 Å². The molecule has 0 aromatic carbocycles. The van der Waals surface area contributed by atoms with Gasteiger partial charge in [-0.05, 0) is 12.8 Å². The Balaban J connectivity index is 2.32. The van der Waals surface area contributed by atoms with Crippen LogP contribution in [0.25, 0.3) is 0 Å². The van der Waals surface area contributed by atoms with E-state index in [0.717, 1.165) is 12.8 Å². The van der Waals surface area contributed by atoms with Crippen molar-refractivity contribution in [3.05, 3.63) is 0 Å². The zero-order valence-corrected chi connectivity index (χ0v) is 9.90. The van der Waals surface area contributed by atoms with Crippen LogP contribution in [0.5, 0.6) is 0 Å². The topological polar surface area (TPSA) is 69.6 Å². The van der Waals surface area contributed by atoms with Crippen LogP contribution in [0, 0.1) is 5.92 Å². The van der Waals surface area contributed by atoms with Crippen LogP contribution in [-0.4, -0.2) is 41.6 Å². The minimum Gasteiger partial charge on any atom is -0.481 e. The van der Waals surface area contributed by atoms with E-state index in [2.05, 4.69) is 5.32 Å². The quantitative estimate of drug-likeness (QED) is 0.761. The van der Waals surface area contributed by atoms with E-state index in [0.29, 0.717) is 0 Å². The summed E-state index contributed by atoms with van der Waals surface area (Å²) in [5.74, 6) is -1.40. The summed E-state index contributed by atoms with van der Waals surface area (Å²) in [7, 11) is 1.63. The van der Waals surface area contributed by atoms with Crippen LogP contribution in [0.4, 0.5) is 4.79 Å². The van der Waals surface area contributed by atoms with Crippen molar-refractivity contribution in [1.29, 1.82) is 0 Å². The van der Waals surface area contributed by atoms with Crippen LogP contribution in [0.3, 0.4) is 0 Å². The fourth-order valence-electron chi connectivity index (χ4n) is 1.93. The van der Waals surface area contributed by atoms with Crippen LogP contribution in [0.1, 0.15) is 32.6 Å². The normalized spacial score (nSPS) is 18.1. The van der Waals surface area contributed by atoms with Crippen LogP contribution < -0.4 is 5.32 Å². The second kappa shape index (κ2) is 5.72. The van der Waals surface area contributed by atoms with Gasteiger partial charge >= 0.3 is 12.0 Å². The van der Waals surface area contributed by atoms with Gasteiger partial charge in [-0.3, -0.25) is 4.79 Å². The molecule has 5 heteroatoms. The molecule has 2 N–H and O–H groups in total. The fourth-order valence-corrected chi connectivity index (χ4v) is 1.93. The van der Waals surface area contributed by atoms with Crippen molar-refractivity contribution in [3.8, 4) is 0 Å². The third kappa shape index (κ3) is 3.72. The Hall–Kier alpha value is -1.26. The van der Waals surface area contributed by atoms with Crippen molar-refractivity contribution in [1.82, 2.24) is 10.2 Å². The number of rotatable bonds is 4. The highest BCUT2D eigenvalue weighted by Gasteiger charge is 2.21. The van der Waals surface area contributed by atoms with E-state index in [-0.39, 0.29) is 18.6 Å². The molecular weight excluding hydrogens is 208 g/mol. The Morgan fingerprint density at radius 3 is 2.50 bits per heavy atom. The Bertz CT molecular complexity index is 262. The first kappa shape index (κ1) is 12.8. The molecule has 2 amide bonds. The second-order valence-corrected chi connectivity index (χ2v) is 4.55. The molecule has 0 bridgehead atoms. The van der Waals surface area contributed by atoms with Crippen LogP contribution in [-0.2, 0) is 4.79 Å². The maximum absolute atomic E-state index is 11.7. The van der Waals surface area contributed by atoms with Gasteiger partial charge in [0.1, 0.15) is 0 Å². The summed E-state index contributed by atoms with van der Waals surface area (Å²) in [5.41, 5.74) is 0. The van der Waals surface area contributed by atoms with Crippen LogP contribution in [0.15, 0.2) is 0 Å². The van der Waals surface area contributed by atoms with Crippen molar-refractivity contribution >= 4 is 12.0 Å². The molecule has 0 aliphatic heterocycles. The molecule has 1 aliphatic carbocycles. The lowest BCUT2D eigenvalue weighted by Crippen LogP contribution is -2.44. The molecule has 5 nitrogen and oxygen atoms in total. The van der Waals surface area contributed by atoms with Gasteiger partial charge in [0.25, 0.3) is 0 Å². The molecule has 16 heavy (non-hydrogen) atoms. The van der Waals surface area contributed by atoms with Gasteiger partial charge in [0.2, 0.25) is 0 Å². The number of hydrogen-bond acceptors (Lipinski definition) is 2. The highest BCUT2D eigenvalue weighted by molar-refractivity contribution is 5.76. The van der Waals surface area contributed by atoms with Crippen molar-refractivity contribution in [3.63, 3.8) is 0 Å². The van der Waals surface area contributed by atoms with Crippen LogP contribution >= 0.6 is 0 Å². The van der Waals surface area contributed by atoms with Gasteiger partial charge in [-0.25, -0.2) is 4.79 Å². The number of carbonyl (C=O) groups excluding carboxylic acids is 1. The largest absolute Gasteiger partial charge is 0.481 e. The number of carboxylic acid groups (broad SMARTS) is 1. The number of urea groups is 1. The first-order chi connectivity index (χ1) is 7.50. The lowest BCUT2D eigenvalue weighted by Gasteiger charge is -2.22. The molecule has 0 saturated heterocycles. The number of nitrogens with one attached hydrogen (secondary N) is 1. The molecule has 0 aromatic heterocycles. The molecule has 92 valence electrons. The summed E-state index contributed by atoms with van der Waals surface area (Å²) in [6.07, 6.45) is 4.41. The predicted octanol–water partition coefficient (Wildman–Crippen LogP) is 1.29. The molecule has 1 rings (SSSR count). The number of carbonyl (C=O) groups is 2. The Morgan fingerprint density at radius 2 is 2.00 bits per heavy atom. The number of carboxylic acids is 1. The van der Waals surface area contributed by atoms with Gasteiger partial charge in [-0.15, -0.1) is 0 Å². The zero-order valence-electron chi connectivity index (χ0n) is 9.90. The van der Waals surface area contributed by atoms with Crippen LogP contribution in [0.2, 0.25) is 0 Å². The summed E-state index contributed by atoms with van der Waals surface area (Å²) >= 11 is 0. The molecule has 0 spiro atoms. The van der Waals surface area contributed by atoms with E-state index in [1.807, 2.05) is 0 Å². The summed E-state index contributed by atoms with van der Waals surface area (Å²) in [5, 5.41) is 11.7. The SMILES string of the molecule is CC(CN(C)C(=O)NC1CCCC1)C(=O)O. The molecule has 0 aromatic rings. The first-order valence-electron chi connectivity index (χ1n) is 5.75. The highest BCUT2D eigenvalue weighted by Crippen LogP contribution is 2.17. The molecule has 1 atom stereocenters. The smallest absolute Gasteiger partial charge is 0.317 e. The lowest BCUT2D eigenvalue weighted by molar-refractivity contribution is -0.141. The molecule has 1 aliphatic rings. The van der Waals surface area contributed by atoms with Crippen molar-refractivity contribution in [2.24, 2.45) is 5.92 Å². The van der Waals surface area contributed by atoms with E-state index < -0.39 is 11.9 Å². The monoisotopic (exact) mass is 228 g/mol. The number of amides is 2. The minimum atomic E-state index is -0.875. The average Bonchev–Trinajstić information content (AvgIpc) is 2.69. The maximum atomic E-state index is 11.7. The van der Waals surface area contributed by atoms with E-state index in [4.69, 9.17) is 5.11 Å². The maximum Gasteiger partial charge on any atom is 0.317 e. The predicted molar refractivity (Wildman–Crippen MR) is 60.2 cm³/mol. The van der Waals surface area contributed by atoms with E-state index in [1.165, 1.54) is 17.7 Å². The summed E-state index contributed by atoms with van der Waals surface area (Å²) < 4.78 is 0. The van der Waals surface area contributed by atoms with Gasteiger partial charge < -0.3 is 15.3 Å². The van der Waals surface area contributed by atoms with Gasteiger partial charge in [0.05, 0.1) is 5.92 Å². The lowest BCUT2D eigenvalue weighted by atomic mass is 10.2. The molecule has 1 unspecified atom stereocenters. The Kier molecular flexibility index (Phi) is 4.58. The third-order valence-corrected chi connectivity index (χ3v) is 3.00. The molecule has 1 saturated carbocycles. The first-order valence-corrected chi connectivity index (χ1v) is 5.75. The third-order valence-electron chi connectivity index (χ3n) is 3.00. The fraction of sp³-hybridized carbons (Fsp3) is 0.818.